The number of amides is 1. The van der Waals surface area contributed by atoms with Gasteiger partial charge < -0.3 is 9.64 Å². The molecule has 1 aromatic heterocycles. The molecule has 0 radical (unpaired) electrons. The summed E-state index contributed by atoms with van der Waals surface area (Å²) in [6.45, 7) is 3.48. The number of benzene rings is 1. The van der Waals surface area contributed by atoms with Crippen LogP contribution >= 0.6 is 11.3 Å². The maximum absolute atomic E-state index is 12.4. The van der Waals surface area contributed by atoms with Gasteiger partial charge in [-0.05, 0) is 67.3 Å². The predicted molar refractivity (Wildman–Crippen MR) is 94.0 cm³/mol. The van der Waals surface area contributed by atoms with Crippen LogP contribution in [-0.2, 0) is 24.2 Å². The first-order chi connectivity index (χ1) is 11.3. The number of carbonyl (C=O) groups excluding carboxylic acids is 1. The zero-order chi connectivity index (χ0) is 16.1. The molecule has 0 fully saturated rings. The fourth-order valence-electron chi connectivity index (χ4n) is 3.00. The van der Waals surface area contributed by atoms with Gasteiger partial charge in [-0.1, -0.05) is 12.1 Å². The smallest absolute Gasteiger partial charge is 0.260 e. The second kappa shape index (κ2) is 7.64. The highest BCUT2D eigenvalue weighted by molar-refractivity contribution is 7.09. The molecule has 0 spiro atoms. The van der Waals surface area contributed by atoms with Crippen molar-refractivity contribution in [2.24, 2.45) is 0 Å². The van der Waals surface area contributed by atoms with Crippen LogP contribution in [0, 0.1) is 0 Å². The van der Waals surface area contributed by atoms with E-state index < -0.39 is 0 Å². The lowest BCUT2D eigenvalue weighted by molar-refractivity contribution is -0.133. The molecule has 122 valence electrons. The standard InChI is InChI=1S/C19H23NO2S/c1-2-20(13-18-8-5-11-23-18)19(21)14-22-17-10-9-15-6-3-4-7-16(15)12-17/h5,8-12H,2-4,6-7,13-14H2,1H3. The summed E-state index contributed by atoms with van der Waals surface area (Å²) in [6, 6.07) is 10.3. The number of likely N-dealkylation sites (N-methyl/N-ethyl adjacent to an activating group) is 1. The molecule has 1 amide bonds. The maximum atomic E-state index is 12.4. The molecular weight excluding hydrogens is 306 g/mol. The third-order valence-electron chi connectivity index (χ3n) is 4.34. The molecule has 0 aliphatic heterocycles. The Labute approximate surface area is 141 Å². The van der Waals surface area contributed by atoms with Gasteiger partial charge in [0.2, 0.25) is 0 Å². The van der Waals surface area contributed by atoms with E-state index in [9.17, 15) is 4.79 Å². The fraction of sp³-hybridized carbons (Fsp3) is 0.421. The summed E-state index contributed by atoms with van der Waals surface area (Å²) >= 11 is 1.68. The van der Waals surface area contributed by atoms with Crippen molar-refractivity contribution in [2.75, 3.05) is 13.2 Å². The summed E-state index contributed by atoms with van der Waals surface area (Å²) in [5.74, 6) is 0.852. The molecule has 3 rings (SSSR count). The Hall–Kier alpha value is -1.81. The van der Waals surface area contributed by atoms with Crippen molar-refractivity contribution >= 4 is 17.2 Å². The van der Waals surface area contributed by atoms with Crippen molar-refractivity contribution in [3.8, 4) is 5.75 Å². The van der Waals surface area contributed by atoms with E-state index in [0.29, 0.717) is 13.1 Å². The quantitative estimate of drug-likeness (QED) is 0.800. The van der Waals surface area contributed by atoms with E-state index in [4.69, 9.17) is 4.74 Å². The minimum atomic E-state index is 0.0404. The molecule has 0 unspecified atom stereocenters. The Balaban J connectivity index is 1.57. The van der Waals surface area contributed by atoms with Gasteiger partial charge in [0.05, 0.1) is 6.54 Å². The van der Waals surface area contributed by atoms with Gasteiger partial charge in [0.25, 0.3) is 5.91 Å². The molecular formula is C19H23NO2S. The Morgan fingerprint density at radius 2 is 2.04 bits per heavy atom. The first kappa shape index (κ1) is 16.1. The molecule has 0 saturated heterocycles. The monoisotopic (exact) mass is 329 g/mol. The molecule has 1 aliphatic rings. The molecule has 0 saturated carbocycles. The summed E-state index contributed by atoms with van der Waals surface area (Å²) in [5, 5.41) is 2.04. The van der Waals surface area contributed by atoms with Crippen LogP contribution in [0.15, 0.2) is 35.7 Å². The third-order valence-corrected chi connectivity index (χ3v) is 5.20. The van der Waals surface area contributed by atoms with E-state index >= 15 is 0 Å². The molecule has 0 N–H and O–H groups in total. The van der Waals surface area contributed by atoms with Gasteiger partial charge in [0.15, 0.2) is 6.61 Å². The van der Waals surface area contributed by atoms with Crippen molar-refractivity contribution in [1.82, 2.24) is 4.90 Å². The number of hydrogen-bond donors (Lipinski definition) is 0. The summed E-state index contributed by atoms with van der Waals surface area (Å²) < 4.78 is 5.75. The molecule has 4 heteroatoms. The van der Waals surface area contributed by atoms with Gasteiger partial charge >= 0.3 is 0 Å². The number of thiophene rings is 1. The van der Waals surface area contributed by atoms with E-state index in [1.807, 2.05) is 29.3 Å². The number of fused-ring (bicyclic) bond motifs is 1. The Morgan fingerprint density at radius 1 is 1.22 bits per heavy atom. The predicted octanol–water partition coefficient (Wildman–Crippen LogP) is 4.05. The number of nitrogens with zero attached hydrogens (tertiary/aromatic N) is 1. The second-order valence-electron chi connectivity index (χ2n) is 5.91. The summed E-state index contributed by atoms with van der Waals surface area (Å²) in [5.41, 5.74) is 2.81. The van der Waals surface area contributed by atoms with Crippen LogP contribution in [0.1, 0.15) is 35.8 Å². The molecule has 2 aromatic rings. The van der Waals surface area contributed by atoms with E-state index in [1.54, 1.807) is 11.3 Å². The van der Waals surface area contributed by atoms with Gasteiger partial charge in [-0.2, -0.15) is 0 Å². The zero-order valence-electron chi connectivity index (χ0n) is 13.6. The highest BCUT2D eigenvalue weighted by atomic mass is 32.1. The Kier molecular flexibility index (Phi) is 5.34. The van der Waals surface area contributed by atoms with Crippen LogP contribution in [0.5, 0.6) is 5.75 Å². The third kappa shape index (κ3) is 4.14. The molecule has 1 aromatic carbocycles. The summed E-state index contributed by atoms with van der Waals surface area (Å²) in [4.78, 5) is 15.4. The average molecular weight is 329 g/mol. The first-order valence-corrected chi connectivity index (χ1v) is 9.19. The second-order valence-corrected chi connectivity index (χ2v) is 6.95. The van der Waals surface area contributed by atoms with E-state index in [2.05, 4.69) is 18.2 Å². The SMILES string of the molecule is CCN(Cc1cccs1)C(=O)COc1ccc2c(c1)CCCC2. The number of carbonyl (C=O) groups is 1. The van der Waals surface area contributed by atoms with E-state index in [1.165, 1.54) is 35.3 Å². The van der Waals surface area contributed by atoms with Crippen LogP contribution in [0.2, 0.25) is 0 Å². The average Bonchev–Trinajstić information content (AvgIpc) is 3.10. The topological polar surface area (TPSA) is 29.5 Å². The van der Waals surface area contributed by atoms with Crippen LogP contribution in [0.25, 0.3) is 0 Å². The summed E-state index contributed by atoms with van der Waals surface area (Å²) in [7, 11) is 0. The van der Waals surface area contributed by atoms with Crippen molar-refractivity contribution in [3.05, 3.63) is 51.7 Å². The Morgan fingerprint density at radius 3 is 2.78 bits per heavy atom. The lowest BCUT2D eigenvalue weighted by atomic mass is 9.92. The van der Waals surface area contributed by atoms with Gasteiger partial charge in [0, 0.05) is 11.4 Å². The minimum Gasteiger partial charge on any atom is -0.484 e. The normalized spacial score (nSPS) is 13.4. The van der Waals surface area contributed by atoms with Crippen LogP contribution in [0.4, 0.5) is 0 Å². The van der Waals surface area contributed by atoms with Gasteiger partial charge in [-0.3, -0.25) is 4.79 Å². The molecule has 0 atom stereocenters. The lowest BCUT2D eigenvalue weighted by Crippen LogP contribution is -2.34. The number of rotatable bonds is 6. The maximum Gasteiger partial charge on any atom is 0.260 e. The van der Waals surface area contributed by atoms with Crippen molar-refractivity contribution in [1.29, 1.82) is 0 Å². The van der Waals surface area contributed by atoms with Crippen LogP contribution in [-0.4, -0.2) is 24.0 Å². The molecule has 0 bridgehead atoms. The largest absolute Gasteiger partial charge is 0.484 e. The minimum absolute atomic E-state index is 0.0404. The van der Waals surface area contributed by atoms with Crippen molar-refractivity contribution in [2.45, 2.75) is 39.2 Å². The van der Waals surface area contributed by atoms with Crippen LogP contribution < -0.4 is 4.74 Å². The van der Waals surface area contributed by atoms with E-state index in [-0.39, 0.29) is 12.5 Å². The molecule has 3 nitrogen and oxygen atoms in total. The molecule has 23 heavy (non-hydrogen) atoms. The Bertz CT molecular complexity index is 651. The van der Waals surface area contributed by atoms with Gasteiger partial charge in [-0.15, -0.1) is 11.3 Å². The summed E-state index contributed by atoms with van der Waals surface area (Å²) in [6.07, 6.45) is 4.82. The van der Waals surface area contributed by atoms with E-state index in [0.717, 1.165) is 12.2 Å². The highest BCUT2D eigenvalue weighted by Gasteiger charge is 2.14. The van der Waals surface area contributed by atoms with Gasteiger partial charge in [0.1, 0.15) is 5.75 Å². The van der Waals surface area contributed by atoms with Crippen LogP contribution in [0.3, 0.4) is 0 Å². The molecule has 1 aliphatic carbocycles. The van der Waals surface area contributed by atoms with Gasteiger partial charge in [-0.25, -0.2) is 0 Å². The van der Waals surface area contributed by atoms with Crippen molar-refractivity contribution < 1.29 is 9.53 Å². The highest BCUT2D eigenvalue weighted by Crippen LogP contribution is 2.25. The zero-order valence-corrected chi connectivity index (χ0v) is 14.4. The number of hydrogen-bond acceptors (Lipinski definition) is 3. The number of ether oxygens (including phenoxy) is 1. The van der Waals surface area contributed by atoms with Crippen molar-refractivity contribution in [3.63, 3.8) is 0 Å². The lowest BCUT2D eigenvalue weighted by Gasteiger charge is -2.21. The fourth-order valence-corrected chi connectivity index (χ4v) is 3.72. The first-order valence-electron chi connectivity index (χ1n) is 8.31. The number of aryl methyl sites for hydroxylation is 2. The molecule has 1 heterocycles.